The number of thioether (sulfide) groups is 1. The fourth-order valence-electron chi connectivity index (χ4n) is 1.46. The lowest BCUT2D eigenvalue weighted by Crippen LogP contribution is -2.45. The molecule has 2 atom stereocenters. The van der Waals surface area contributed by atoms with Gasteiger partial charge >= 0.3 is 0 Å². The Hall–Kier alpha value is -0.220. The fourth-order valence-corrected chi connectivity index (χ4v) is 1.95. The monoisotopic (exact) mass is 232 g/mol. The quantitative estimate of drug-likeness (QED) is 0.727. The largest absolute Gasteiger partial charge is 0.342 e. The summed E-state index contributed by atoms with van der Waals surface area (Å²) in [7, 11) is 1.85. The van der Waals surface area contributed by atoms with Crippen molar-refractivity contribution in [1.29, 1.82) is 0 Å². The number of nitrogens with zero attached hydrogens (tertiary/aromatic N) is 1. The van der Waals surface area contributed by atoms with Gasteiger partial charge in [-0.2, -0.15) is 11.8 Å². The molecule has 0 aliphatic heterocycles. The van der Waals surface area contributed by atoms with Crippen LogP contribution in [0.5, 0.6) is 0 Å². The van der Waals surface area contributed by atoms with Crippen molar-refractivity contribution in [3.63, 3.8) is 0 Å². The number of likely N-dealkylation sites (N-methyl/N-ethyl adjacent to an activating group) is 1. The smallest absolute Gasteiger partial charge is 0.239 e. The first kappa shape index (κ1) is 14.8. The van der Waals surface area contributed by atoms with E-state index in [-0.39, 0.29) is 11.9 Å². The van der Waals surface area contributed by atoms with Crippen LogP contribution >= 0.6 is 11.8 Å². The summed E-state index contributed by atoms with van der Waals surface area (Å²) in [6, 6.07) is -0.0374. The Balaban J connectivity index is 4.05. The summed E-state index contributed by atoms with van der Waals surface area (Å²) < 4.78 is 0. The Bertz CT molecular complexity index is 187. The van der Waals surface area contributed by atoms with Crippen molar-refractivity contribution < 1.29 is 4.79 Å². The second-order valence-electron chi connectivity index (χ2n) is 3.97. The van der Waals surface area contributed by atoms with Gasteiger partial charge in [-0.1, -0.05) is 13.3 Å². The lowest BCUT2D eigenvalue weighted by Gasteiger charge is -2.27. The van der Waals surface area contributed by atoms with Crippen LogP contribution in [0, 0.1) is 0 Å². The van der Waals surface area contributed by atoms with Gasteiger partial charge in [0.05, 0.1) is 6.04 Å². The predicted octanol–water partition coefficient (Wildman–Crippen LogP) is 1.71. The summed E-state index contributed by atoms with van der Waals surface area (Å²) in [5.41, 5.74) is 5.83. The molecule has 0 rings (SSSR count). The van der Waals surface area contributed by atoms with E-state index in [0.29, 0.717) is 6.04 Å². The first-order valence-corrected chi connectivity index (χ1v) is 6.95. The molecule has 0 aromatic rings. The molecule has 0 aromatic heterocycles. The van der Waals surface area contributed by atoms with Gasteiger partial charge < -0.3 is 10.6 Å². The van der Waals surface area contributed by atoms with Crippen molar-refractivity contribution in [3.05, 3.63) is 0 Å². The Morgan fingerprint density at radius 1 is 1.47 bits per heavy atom. The summed E-state index contributed by atoms with van der Waals surface area (Å²) in [6.45, 7) is 4.20. The first-order chi connectivity index (χ1) is 7.04. The molecule has 15 heavy (non-hydrogen) atoms. The van der Waals surface area contributed by atoms with Crippen LogP contribution in [0.1, 0.15) is 33.1 Å². The number of rotatable bonds is 7. The maximum Gasteiger partial charge on any atom is 0.239 e. The van der Waals surface area contributed by atoms with E-state index in [0.717, 1.165) is 25.0 Å². The van der Waals surface area contributed by atoms with Crippen molar-refractivity contribution in [1.82, 2.24) is 4.90 Å². The zero-order valence-electron chi connectivity index (χ0n) is 10.3. The zero-order chi connectivity index (χ0) is 11.8. The first-order valence-electron chi connectivity index (χ1n) is 5.55. The maximum atomic E-state index is 11.9. The molecule has 0 saturated carbocycles. The molecule has 4 heteroatoms. The lowest BCUT2D eigenvalue weighted by atomic mass is 10.1. The minimum atomic E-state index is -0.332. The Morgan fingerprint density at radius 2 is 2.07 bits per heavy atom. The van der Waals surface area contributed by atoms with Gasteiger partial charge in [-0.3, -0.25) is 4.79 Å². The van der Waals surface area contributed by atoms with E-state index in [9.17, 15) is 4.79 Å². The van der Waals surface area contributed by atoms with Crippen LogP contribution in [0.4, 0.5) is 0 Å². The molecule has 0 radical (unpaired) electrons. The molecule has 1 unspecified atom stereocenters. The van der Waals surface area contributed by atoms with Crippen LogP contribution in [0.15, 0.2) is 0 Å². The van der Waals surface area contributed by atoms with Gasteiger partial charge in [0.1, 0.15) is 0 Å². The van der Waals surface area contributed by atoms with Crippen LogP contribution in [-0.2, 0) is 4.79 Å². The number of carbonyl (C=O) groups is 1. The molecule has 0 spiro atoms. The Kier molecular flexibility index (Phi) is 7.88. The number of amides is 1. The van der Waals surface area contributed by atoms with Crippen LogP contribution in [0.3, 0.4) is 0 Å². The maximum absolute atomic E-state index is 11.9. The summed E-state index contributed by atoms with van der Waals surface area (Å²) >= 11 is 1.73. The summed E-state index contributed by atoms with van der Waals surface area (Å²) in [4.78, 5) is 13.6. The average molecular weight is 232 g/mol. The Morgan fingerprint density at radius 3 is 2.53 bits per heavy atom. The van der Waals surface area contributed by atoms with E-state index in [1.54, 1.807) is 16.7 Å². The van der Waals surface area contributed by atoms with E-state index >= 15 is 0 Å². The molecule has 0 saturated heterocycles. The second-order valence-corrected chi connectivity index (χ2v) is 4.96. The molecule has 0 fully saturated rings. The standard InChI is InChI=1S/C11H24N2OS/c1-5-6-9(2)13(3)11(14)10(12)7-8-15-4/h9-10H,5-8,12H2,1-4H3/t9?,10-/m1/s1. The predicted molar refractivity (Wildman–Crippen MR) is 68.1 cm³/mol. The summed E-state index contributed by atoms with van der Waals surface area (Å²) in [6.07, 6.45) is 4.93. The van der Waals surface area contributed by atoms with E-state index in [1.807, 2.05) is 13.3 Å². The van der Waals surface area contributed by atoms with Crippen molar-refractivity contribution in [2.45, 2.75) is 45.2 Å². The number of hydrogen-bond donors (Lipinski definition) is 1. The van der Waals surface area contributed by atoms with Crippen LogP contribution in [0.25, 0.3) is 0 Å². The van der Waals surface area contributed by atoms with E-state index < -0.39 is 0 Å². The molecule has 1 amide bonds. The van der Waals surface area contributed by atoms with Crippen molar-refractivity contribution in [3.8, 4) is 0 Å². The van der Waals surface area contributed by atoms with Crippen molar-refractivity contribution >= 4 is 17.7 Å². The molecule has 2 N–H and O–H groups in total. The molecule has 0 aromatic carbocycles. The molecule has 0 aliphatic carbocycles. The van der Waals surface area contributed by atoms with Crippen LogP contribution in [0.2, 0.25) is 0 Å². The highest BCUT2D eigenvalue weighted by Crippen LogP contribution is 2.07. The number of hydrogen-bond acceptors (Lipinski definition) is 3. The molecular weight excluding hydrogens is 208 g/mol. The lowest BCUT2D eigenvalue weighted by molar-refractivity contribution is -0.133. The molecular formula is C11H24N2OS. The van der Waals surface area contributed by atoms with Gasteiger partial charge in [-0.05, 0) is 31.8 Å². The summed E-state index contributed by atoms with van der Waals surface area (Å²) in [5.74, 6) is 1.02. The van der Waals surface area contributed by atoms with E-state index in [1.165, 1.54) is 0 Å². The fraction of sp³-hybridized carbons (Fsp3) is 0.909. The van der Waals surface area contributed by atoms with Gasteiger partial charge in [0.25, 0.3) is 0 Å². The molecule has 0 bridgehead atoms. The van der Waals surface area contributed by atoms with Gasteiger partial charge in [-0.25, -0.2) is 0 Å². The van der Waals surface area contributed by atoms with Crippen LogP contribution in [-0.4, -0.2) is 41.9 Å². The van der Waals surface area contributed by atoms with Crippen molar-refractivity contribution in [2.24, 2.45) is 5.73 Å². The second kappa shape index (κ2) is 7.99. The van der Waals surface area contributed by atoms with Gasteiger partial charge in [0, 0.05) is 13.1 Å². The molecule has 90 valence electrons. The zero-order valence-corrected chi connectivity index (χ0v) is 11.1. The summed E-state index contributed by atoms with van der Waals surface area (Å²) in [5, 5.41) is 0. The molecule has 0 aliphatic rings. The van der Waals surface area contributed by atoms with E-state index in [2.05, 4.69) is 13.8 Å². The average Bonchev–Trinajstić information content (AvgIpc) is 2.24. The Labute approximate surface area is 97.8 Å². The molecule has 0 heterocycles. The highest BCUT2D eigenvalue weighted by Gasteiger charge is 2.20. The van der Waals surface area contributed by atoms with Gasteiger partial charge in [0.2, 0.25) is 5.91 Å². The topological polar surface area (TPSA) is 46.3 Å². The number of nitrogens with two attached hydrogens (primary N) is 1. The van der Waals surface area contributed by atoms with E-state index in [4.69, 9.17) is 5.73 Å². The minimum absolute atomic E-state index is 0.0741. The minimum Gasteiger partial charge on any atom is -0.342 e. The third kappa shape index (κ3) is 5.42. The number of carbonyl (C=O) groups excluding carboxylic acids is 1. The third-order valence-corrected chi connectivity index (χ3v) is 3.31. The third-order valence-electron chi connectivity index (χ3n) is 2.67. The highest BCUT2D eigenvalue weighted by atomic mass is 32.2. The highest BCUT2D eigenvalue weighted by molar-refractivity contribution is 7.98. The SMILES string of the molecule is CCCC(C)N(C)C(=O)[C@H](N)CCSC. The van der Waals surface area contributed by atoms with Gasteiger partial charge in [0.15, 0.2) is 0 Å². The van der Waals surface area contributed by atoms with Crippen LogP contribution < -0.4 is 5.73 Å². The van der Waals surface area contributed by atoms with Gasteiger partial charge in [-0.15, -0.1) is 0 Å². The molecule has 3 nitrogen and oxygen atoms in total. The normalized spacial score (nSPS) is 14.7. The van der Waals surface area contributed by atoms with Crippen molar-refractivity contribution in [2.75, 3.05) is 19.1 Å².